The zero-order chi connectivity index (χ0) is 20.8. The molecule has 2 aromatic carbocycles. The predicted molar refractivity (Wildman–Crippen MR) is 119 cm³/mol. The summed E-state index contributed by atoms with van der Waals surface area (Å²) in [7, 11) is 3.20. The lowest BCUT2D eigenvalue weighted by atomic mass is 10.0. The SMILES string of the molecule is CCOc1c(OC)cc(/C=N\Nc2nc(-c3ccc(C)cc3C)cs2)cc1OC. The molecular formula is C22H25N3O3S. The van der Waals surface area contributed by atoms with Crippen LogP contribution in [0, 0.1) is 13.8 Å². The van der Waals surface area contributed by atoms with Crippen LogP contribution in [0.5, 0.6) is 17.2 Å². The highest BCUT2D eigenvalue weighted by Gasteiger charge is 2.13. The number of hydrogen-bond acceptors (Lipinski definition) is 7. The van der Waals surface area contributed by atoms with Crippen LogP contribution in [0.15, 0.2) is 40.8 Å². The third-order valence-electron chi connectivity index (χ3n) is 4.31. The molecule has 0 radical (unpaired) electrons. The molecule has 3 rings (SSSR count). The molecule has 0 aliphatic heterocycles. The standard InChI is InChI=1S/C22H25N3O3S/c1-6-28-21-19(26-4)10-16(11-20(21)27-5)12-23-25-22-24-18(13-29-22)17-8-7-14(2)9-15(17)3/h7-13H,6H2,1-5H3,(H,24,25)/b23-12-. The Morgan fingerprint density at radius 1 is 1.10 bits per heavy atom. The highest BCUT2D eigenvalue weighted by atomic mass is 32.1. The minimum Gasteiger partial charge on any atom is -0.493 e. The van der Waals surface area contributed by atoms with Gasteiger partial charge in [0.25, 0.3) is 0 Å². The largest absolute Gasteiger partial charge is 0.493 e. The van der Waals surface area contributed by atoms with E-state index in [-0.39, 0.29) is 0 Å². The van der Waals surface area contributed by atoms with E-state index in [4.69, 9.17) is 14.2 Å². The summed E-state index contributed by atoms with van der Waals surface area (Å²) in [6, 6.07) is 10.1. The van der Waals surface area contributed by atoms with Crippen LogP contribution in [-0.2, 0) is 0 Å². The maximum atomic E-state index is 5.62. The van der Waals surface area contributed by atoms with Crippen LogP contribution in [0.2, 0.25) is 0 Å². The Labute approximate surface area is 175 Å². The fraction of sp³-hybridized carbons (Fsp3) is 0.273. The number of thiazole rings is 1. The first-order valence-electron chi connectivity index (χ1n) is 9.26. The normalized spacial score (nSPS) is 10.9. The monoisotopic (exact) mass is 411 g/mol. The molecule has 0 amide bonds. The molecule has 0 atom stereocenters. The zero-order valence-electron chi connectivity index (χ0n) is 17.3. The van der Waals surface area contributed by atoms with E-state index in [0.29, 0.717) is 23.9 Å². The lowest BCUT2D eigenvalue weighted by Gasteiger charge is -2.14. The Bertz CT molecular complexity index is 989. The summed E-state index contributed by atoms with van der Waals surface area (Å²) in [5.41, 5.74) is 8.33. The minimum absolute atomic E-state index is 0.522. The topological polar surface area (TPSA) is 65.0 Å². The molecule has 0 unspecified atom stereocenters. The molecule has 1 heterocycles. The number of aryl methyl sites for hydroxylation is 2. The zero-order valence-corrected chi connectivity index (χ0v) is 18.1. The van der Waals surface area contributed by atoms with E-state index in [1.807, 2.05) is 24.4 Å². The molecule has 1 N–H and O–H groups in total. The average Bonchev–Trinajstić information content (AvgIpc) is 3.17. The van der Waals surface area contributed by atoms with Gasteiger partial charge in [-0.3, -0.25) is 5.43 Å². The molecule has 0 bridgehead atoms. The van der Waals surface area contributed by atoms with Crippen molar-refractivity contribution in [2.75, 3.05) is 26.3 Å². The van der Waals surface area contributed by atoms with E-state index in [1.165, 1.54) is 22.5 Å². The number of nitrogens with one attached hydrogen (secondary N) is 1. The highest BCUT2D eigenvalue weighted by Crippen LogP contribution is 2.38. The summed E-state index contributed by atoms with van der Waals surface area (Å²) in [6.45, 7) is 6.62. The van der Waals surface area contributed by atoms with Gasteiger partial charge in [-0.15, -0.1) is 11.3 Å². The fourth-order valence-corrected chi connectivity index (χ4v) is 3.63. The Morgan fingerprint density at radius 3 is 2.45 bits per heavy atom. The number of nitrogens with zero attached hydrogens (tertiary/aromatic N) is 2. The number of hydrogen-bond donors (Lipinski definition) is 1. The first-order chi connectivity index (χ1) is 14.0. The van der Waals surface area contributed by atoms with E-state index in [0.717, 1.165) is 22.0 Å². The second-order valence-electron chi connectivity index (χ2n) is 6.41. The molecule has 3 aromatic rings. The Hall–Kier alpha value is -3.06. The second kappa shape index (κ2) is 9.43. The third kappa shape index (κ3) is 4.86. The van der Waals surface area contributed by atoms with E-state index in [9.17, 15) is 0 Å². The molecule has 29 heavy (non-hydrogen) atoms. The van der Waals surface area contributed by atoms with Crippen LogP contribution in [0.1, 0.15) is 23.6 Å². The van der Waals surface area contributed by atoms with Crippen LogP contribution in [0.4, 0.5) is 5.13 Å². The number of hydrazone groups is 1. The number of ether oxygens (including phenoxy) is 3. The van der Waals surface area contributed by atoms with Crippen molar-refractivity contribution in [1.29, 1.82) is 0 Å². The van der Waals surface area contributed by atoms with Gasteiger partial charge in [-0.05, 0) is 38.5 Å². The van der Waals surface area contributed by atoms with Gasteiger partial charge in [-0.2, -0.15) is 5.10 Å². The molecule has 0 fully saturated rings. The lowest BCUT2D eigenvalue weighted by molar-refractivity contribution is 0.288. The molecule has 0 saturated carbocycles. The van der Waals surface area contributed by atoms with E-state index in [2.05, 4.69) is 47.6 Å². The molecule has 7 heteroatoms. The predicted octanol–water partition coefficient (Wildman–Crippen LogP) is 5.29. The molecule has 152 valence electrons. The van der Waals surface area contributed by atoms with Crippen molar-refractivity contribution in [3.8, 4) is 28.5 Å². The van der Waals surface area contributed by atoms with Crippen molar-refractivity contribution in [1.82, 2.24) is 4.98 Å². The molecule has 0 aliphatic carbocycles. The number of benzene rings is 2. The molecule has 1 aromatic heterocycles. The maximum Gasteiger partial charge on any atom is 0.203 e. The summed E-state index contributed by atoms with van der Waals surface area (Å²) in [6.07, 6.45) is 1.69. The van der Waals surface area contributed by atoms with Crippen LogP contribution in [0.3, 0.4) is 0 Å². The van der Waals surface area contributed by atoms with Gasteiger partial charge in [0.2, 0.25) is 10.9 Å². The van der Waals surface area contributed by atoms with Crippen molar-refractivity contribution in [3.63, 3.8) is 0 Å². The third-order valence-corrected chi connectivity index (χ3v) is 5.05. The van der Waals surface area contributed by atoms with E-state index in [1.54, 1.807) is 20.4 Å². The van der Waals surface area contributed by atoms with Crippen molar-refractivity contribution in [2.24, 2.45) is 5.10 Å². The van der Waals surface area contributed by atoms with Crippen molar-refractivity contribution < 1.29 is 14.2 Å². The van der Waals surface area contributed by atoms with Crippen molar-refractivity contribution >= 4 is 22.7 Å². The smallest absolute Gasteiger partial charge is 0.203 e. The summed E-state index contributed by atoms with van der Waals surface area (Å²) in [5.74, 6) is 1.78. The molecule has 0 aliphatic rings. The number of rotatable bonds is 8. The second-order valence-corrected chi connectivity index (χ2v) is 7.27. The maximum absolute atomic E-state index is 5.62. The molecular weight excluding hydrogens is 386 g/mol. The highest BCUT2D eigenvalue weighted by molar-refractivity contribution is 7.14. The minimum atomic E-state index is 0.522. The van der Waals surface area contributed by atoms with Gasteiger partial charge in [-0.1, -0.05) is 23.8 Å². The quantitative estimate of drug-likeness (QED) is 0.403. The van der Waals surface area contributed by atoms with Gasteiger partial charge >= 0.3 is 0 Å². The van der Waals surface area contributed by atoms with E-state index < -0.39 is 0 Å². The Morgan fingerprint density at radius 2 is 1.83 bits per heavy atom. The van der Waals surface area contributed by atoms with Crippen LogP contribution >= 0.6 is 11.3 Å². The van der Waals surface area contributed by atoms with Crippen LogP contribution in [-0.4, -0.2) is 32.0 Å². The van der Waals surface area contributed by atoms with Crippen LogP contribution in [0.25, 0.3) is 11.3 Å². The number of anilines is 1. The summed E-state index contributed by atoms with van der Waals surface area (Å²) in [4.78, 5) is 4.63. The first-order valence-corrected chi connectivity index (χ1v) is 10.1. The molecule has 0 saturated heterocycles. The van der Waals surface area contributed by atoms with Gasteiger partial charge in [0.15, 0.2) is 11.5 Å². The van der Waals surface area contributed by atoms with Gasteiger partial charge in [-0.25, -0.2) is 4.98 Å². The first kappa shape index (κ1) is 20.7. The number of aromatic nitrogens is 1. The summed E-state index contributed by atoms with van der Waals surface area (Å²) >= 11 is 1.51. The van der Waals surface area contributed by atoms with Crippen molar-refractivity contribution in [3.05, 3.63) is 52.4 Å². The molecule has 6 nitrogen and oxygen atoms in total. The van der Waals surface area contributed by atoms with Gasteiger partial charge in [0.1, 0.15) is 0 Å². The van der Waals surface area contributed by atoms with Crippen LogP contribution < -0.4 is 19.6 Å². The summed E-state index contributed by atoms with van der Waals surface area (Å²) in [5, 5.41) is 7.05. The Kier molecular flexibility index (Phi) is 6.72. The van der Waals surface area contributed by atoms with Gasteiger partial charge in [0, 0.05) is 16.5 Å². The summed E-state index contributed by atoms with van der Waals surface area (Å²) < 4.78 is 16.5. The van der Waals surface area contributed by atoms with E-state index >= 15 is 0 Å². The Balaban J connectivity index is 1.76. The van der Waals surface area contributed by atoms with Gasteiger partial charge < -0.3 is 14.2 Å². The average molecular weight is 412 g/mol. The van der Waals surface area contributed by atoms with Crippen molar-refractivity contribution in [2.45, 2.75) is 20.8 Å². The van der Waals surface area contributed by atoms with Gasteiger partial charge in [0.05, 0.1) is 32.7 Å². The number of methoxy groups -OCH3 is 2. The fourth-order valence-electron chi connectivity index (χ4n) is 2.97. The lowest BCUT2D eigenvalue weighted by Crippen LogP contribution is -2.00. The molecule has 0 spiro atoms.